The Balaban J connectivity index is 1.66. The average Bonchev–Trinajstić information content (AvgIpc) is 2.81. The zero-order valence-electron chi connectivity index (χ0n) is 17.3. The first-order chi connectivity index (χ1) is 15.8. The van der Waals surface area contributed by atoms with Crippen LogP contribution < -0.4 is 20.7 Å². The van der Waals surface area contributed by atoms with Crippen LogP contribution in [0.3, 0.4) is 0 Å². The minimum absolute atomic E-state index is 0.158. The number of nitrogens with one attached hydrogen (secondary N) is 3. The van der Waals surface area contributed by atoms with Gasteiger partial charge in [-0.1, -0.05) is 54.6 Å². The number of carbonyl (C=O) groups excluding carboxylic acids is 2. The molecule has 2 aromatic carbocycles. The van der Waals surface area contributed by atoms with Gasteiger partial charge in [-0.15, -0.1) is 0 Å². The Labute approximate surface area is 188 Å². The molecule has 10 heteroatoms. The number of anilines is 1. The number of urea groups is 1. The third-order valence-corrected chi connectivity index (χ3v) is 4.37. The highest BCUT2D eigenvalue weighted by atomic mass is 19.4. The molecule has 0 radical (unpaired) electrons. The van der Waals surface area contributed by atoms with Gasteiger partial charge < -0.3 is 20.7 Å². The van der Waals surface area contributed by atoms with Crippen molar-refractivity contribution in [1.29, 1.82) is 0 Å². The third-order valence-electron chi connectivity index (χ3n) is 4.37. The number of ether oxygens (including phenoxy) is 1. The van der Waals surface area contributed by atoms with E-state index in [4.69, 9.17) is 4.74 Å². The highest BCUT2D eigenvalue weighted by molar-refractivity contribution is 5.97. The summed E-state index contributed by atoms with van der Waals surface area (Å²) < 4.78 is 42.1. The fraction of sp³-hybridized carbons (Fsp3) is 0.174. The number of carbonyl (C=O) groups is 2. The van der Waals surface area contributed by atoms with E-state index in [9.17, 15) is 22.8 Å². The van der Waals surface area contributed by atoms with Crippen LogP contribution in [0.1, 0.15) is 17.2 Å². The lowest BCUT2D eigenvalue weighted by Crippen LogP contribution is -2.42. The van der Waals surface area contributed by atoms with Gasteiger partial charge in [-0.3, -0.25) is 4.79 Å². The fourth-order valence-electron chi connectivity index (χ4n) is 2.88. The monoisotopic (exact) mass is 458 g/mol. The lowest BCUT2D eigenvalue weighted by molar-refractivity contribution is -0.154. The number of nitrogens with zero attached hydrogens (tertiary/aromatic N) is 1. The van der Waals surface area contributed by atoms with Crippen LogP contribution in [-0.4, -0.2) is 29.7 Å². The first kappa shape index (κ1) is 23.6. The Hall–Kier alpha value is -4.08. The van der Waals surface area contributed by atoms with E-state index < -0.39 is 30.8 Å². The van der Waals surface area contributed by atoms with Crippen molar-refractivity contribution < 1.29 is 27.5 Å². The number of aromatic nitrogens is 1. The van der Waals surface area contributed by atoms with Crippen LogP contribution in [0.5, 0.6) is 5.88 Å². The molecule has 1 aromatic heterocycles. The van der Waals surface area contributed by atoms with Gasteiger partial charge in [0.2, 0.25) is 5.88 Å². The summed E-state index contributed by atoms with van der Waals surface area (Å²) >= 11 is 0. The summed E-state index contributed by atoms with van der Waals surface area (Å²) in [5, 5.41) is 7.86. The number of hydrogen-bond donors (Lipinski definition) is 3. The van der Waals surface area contributed by atoms with Gasteiger partial charge in [0.25, 0.3) is 5.91 Å². The van der Waals surface area contributed by atoms with Crippen LogP contribution >= 0.6 is 0 Å². The van der Waals surface area contributed by atoms with E-state index in [2.05, 4.69) is 20.9 Å². The molecule has 1 atom stereocenters. The first-order valence-corrected chi connectivity index (χ1v) is 9.90. The van der Waals surface area contributed by atoms with Crippen molar-refractivity contribution in [3.05, 3.63) is 90.1 Å². The Morgan fingerprint density at radius 3 is 2.27 bits per heavy atom. The number of para-hydroxylation sites is 1. The number of benzene rings is 2. The van der Waals surface area contributed by atoms with Gasteiger partial charge in [0.15, 0.2) is 6.61 Å². The van der Waals surface area contributed by atoms with Crippen LogP contribution in [-0.2, 0) is 11.3 Å². The third kappa shape index (κ3) is 7.53. The molecule has 1 unspecified atom stereocenters. The van der Waals surface area contributed by atoms with Crippen LogP contribution in [0.25, 0.3) is 0 Å². The zero-order chi connectivity index (χ0) is 23.7. The van der Waals surface area contributed by atoms with Crippen molar-refractivity contribution in [3.63, 3.8) is 0 Å². The second-order valence-corrected chi connectivity index (χ2v) is 6.90. The maximum Gasteiger partial charge on any atom is 0.422 e. The molecule has 3 amide bonds. The first-order valence-electron chi connectivity index (χ1n) is 9.90. The lowest BCUT2D eigenvalue weighted by atomic mass is 10.1. The minimum atomic E-state index is -4.52. The molecule has 0 saturated carbocycles. The van der Waals surface area contributed by atoms with Gasteiger partial charge in [-0.05, 0) is 23.8 Å². The van der Waals surface area contributed by atoms with Gasteiger partial charge in [-0.2, -0.15) is 13.2 Å². The van der Waals surface area contributed by atoms with Gasteiger partial charge >= 0.3 is 12.2 Å². The smallest absolute Gasteiger partial charge is 0.422 e. The number of rotatable bonds is 8. The maximum absolute atomic E-state index is 12.9. The molecule has 3 N–H and O–H groups in total. The minimum Gasteiger partial charge on any atom is -0.468 e. The standard InChI is InChI=1S/C23H21F3N4O3/c24-23(25,26)15-33-21-17(10-7-13-27-21)14-28-22(32)30-19(16-8-3-1-4-9-16)20(31)29-18-11-5-2-6-12-18/h1-13,19H,14-15H2,(H,29,31)(H2,28,30,32). The van der Waals surface area contributed by atoms with E-state index >= 15 is 0 Å². The summed E-state index contributed by atoms with van der Waals surface area (Å²) in [7, 11) is 0. The molecule has 0 aliphatic heterocycles. The largest absolute Gasteiger partial charge is 0.468 e. The predicted molar refractivity (Wildman–Crippen MR) is 115 cm³/mol. The van der Waals surface area contributed by atoms with E-state index in [1.807, 2.05) is 0 Å². The van der Waals surface area contributed by atoms with E-state index in [1.165, 1.54) is 18.3 Å². The molecule has 3 rings (SSSR count). The van der Waals surface area contributed by atoms with Crippen molar-refractivity contribution in [2.75, 3.05) is 11.9 Å². The van der Waals surface area contributed by atoms with E-state index in [0.717, 1.165) is 0 Å². The Morgan fingerprint density at radius 1 is 0.939 bits per heavy atom. The molecule has 0 fully saturated rings. The second-order valence-electron chi connectivity index (χ2n) is 6.90. The predicted octanol–water partition coefficient (Wildman–Crippen LogP) is 4.20. The normalized spacial score (nSPS) is 11.8. The second kappa shape index (κ2) is 11.0. The Kier molecular flexibility index (Phi) is 7.85. The van der Waals surface area contributed by atoms with Gasteiger partial charge in [0.1, 0.15) is 6.04 Å². The van der Waals surface area contributed by atoms with E-state index in [-0.39, 0.29) is 18.0 Å². The number of hydrogen-bond acceptors (Lipinski definition) is 4. The van der Waals surface area contributed by atoms with E-state index in [0.29, 0.717) is 11.3 Å². The molecule has 172 valence electrons. The molecule has 33 heavy (non-hydrogen) atoms. The summed E-state index contributed by atoms with van der Waals surface area (Å²) in [5.74, 6) is -0.699. The number of alkyl halides is 3. The molecule has 1 heterocycles. The quantitative estimate of drug-likeness (QED) is 0.472. The van der Waals surface area contributed by atoms with Crippen LogP contribution in [0.2, 0.25) is 0 Å². The highest BCUT2D eigenvalue weighted by Gasteiger charge is 2.29. The van der Waals surface area contributed by atoms with Crippen molar-refractivity contribution in [1.82, 2.24) is 15.6 Å². The Morgan fingerprint density at radius 2 is 1.61 bits per heavy atom. The summed E-state index contributed by atoms with van der Waals surface area (Å²) in [6.45, 7) is -1.66. The van der Waals surface area contributed by atoms with Crippen molar-refractivity contribution >= 4 is 17.6 Å². The van der Waals surface area contributed by atoms with Gasteiger partial charge in [-0.25, -0.2) is 9.78 Å². The zero-order valence-corrected chi connectivity index (χ0v) is 17.3. The summed E-state index contributed by atoms with van der Waals surface area (Å²) in [6, 6.07) is 18.7. The molecule has 0 bridgehead atoms. The average molecular weight is 458 g/mol. The van der Waals surface area contributed by atoms with Crippen molar-refractivity contribution in [3.8, 4) is 5.88 Å². The van der Waals surface area contributed by atoms with Gasteiger partial charge in [0, 0.05) is 24.0 Å². The highest BCUT2D eigenvalue weighted by Crippen LogP contribution is 2.20. The number of amides is 3. The molecular formula is C23H21F3N4O3. The van der Waals surface area contributed by atoms with E-state index in [1.54, 1.807) is 60.7 Å². The molecule has 0 aliphatic carbocycles. The number of pyridine rings is 1. The van der Waals surface area contributed by atoms with Crippen LogP contribution in [0.4, 0.5) is 23.7 Å². The Bertz CT molecular complexity index is 1060. The summed E-state index contributed by atoms with van der Waals surface area (Å²) in [6.07, 6.45) is -3.23. The molecular weight excluding hydrogens is 437 g/mol. The molecule has 7 nitrogen and oxygen atoms in total. The van der Waals surface area contributed by atoms with Crippen molar-refractivity contribution in [2.45, 2.75) is 18.8 Å². The SMILES string of the molecule is O=C(NCc1cccnc1OCC(F)(F)F)NC(C(=O)Nc1ccccc1)c1ccccc1. The van der Waals surface area contributed by atoms with Crippen molar-refractivity contribution in [2.24, 2.45) is 0 Å². The fourth-order valence-corrected chi connectivity index (χ4v) is 2.88. The van der Waals surface area contributed by atoms with Crippen LogP contribution in [0.15, 0.2) is 79.0 Å². The molecule has 0 aliphatic rings. The summed E-state index contributed by atoms with van der Waals surface area (Å²) in [5.41, 5.74) is 1.37. The lowest BCUT2D eigenvalue weighted by Gasteiger charge is -2.19. The maximum atomic E-state index is 12.9. The number of halogens is 3. The van der Waals surface area contributed by atoms with Crippen LogP contribution in [0, 0.1) is 0 Å². The molecule has 0 spiro atoms. The van der Waals surface area contributed by atoms with Gasteiger partial charge in [0.05, 0.1) is 0 Å². The molecule has 0 saturated heterocycles. The summed E-state index contributed by atoms with van der Waals surface area (Å²) in [4.78, 5) is 29.2. The molecule has 3 aromatic rings. The topological polar surface area (TPSA) is 92.3 Å².